The van der Waals surface area contributed by atoms with Gasteiger partial charge in [-0.2, -0.15) is 0 Å². The van der Waals surface area contributed by atoms with Crippen molar-refractivity contribution in [1.29, 1.82) is 0 Å². The lowest BCUT2D eigenvalue weighted by Crippen LogP contribution is -2.32. The summed E-state index contributed by atoms with van der Waals surface area (Å²) < 4.78 is 13.7. The highest BCUT2D eigenvalue weighted by Gasteiger charge is 2.24. The number of benzene rings is 3. The fourth-order valence-electron chi connectivity index (χ4n) is 5.02. The van der Waals surface area contributed by atoms with Gasteiger partial charge in [-0.15, -0.1) is 0 Å². The Morgan fingerprint density at radius 2 is 2.00 bits per heavy atom. The molecule has 0 saturated carbocycles. The maximum atomic E-state index is 11.6. The molecule has 0 bridgehead atoms. The minimum atomic E-state index is -0.941. The van der Waals surface area contributed by atoms with Crippen molar-refractivity contribution in [3.63, 3.8) is 0 Å². The average Bonchev–Trinajstić information content (AvgIpc) is 3.50. The number of ether oxygens (including phenoxy) is 2. The highest BCUT2D eigenvalue weighted by Crippen LogP contribution is 2.29. The van der Waals surface area contributed by atoms with Crippen LogP contribution in [0.1, 0.15) is 33.7 Å². The van der Waals surface area contributed by atoms with Gasteiger partial charge < -0.3 is 19.1 Å². The number of fused-ring (bicyclic) bond motifs is 1. The molecule has 39 heavy (non-hydrogen) atoms. The molecule has 6 rings (SSSR count). The van der Waals surface area contributed by atoms with Crippen molar-refractivity contribution in [2.75, 3.05) is 19.7 Å². The highest BCUT2D eigenvalue weighted by molar-refractivity contribution is 6.35. The summed E-state index contributed by atoms with van der Waals surface area (Å²) in [6.45, 7) is 4.09. The Morgan fingerprint density at radius 3 is 2.77 bits per heavy atom. The number of carboxylic acids is 1. The first-order valence-electron chi connectivity index (χ1n) is 12.9. The number of hydrogen-bond donors (Lipinski definition) is 1. The van der Waals surface area contributed by atoms with Crippen LogP contribution in [0.4, 0.5) is 0 Å². The molecule has 1 saturated heterocycles. The van der Waals surface area contributed by atoms with Gasteiger partial charge in [0.1, 0.15) is 18.2 Å². The second-order valence-electron chi connectivity index (χ2n) is 9.89. The fraction of sp³-hybridized carbons (Fsp3) is 0.267. The molecule has 0 amide bonds. The molecule has 1 N–H and O–H groups in total. The standard InChI is InChI=1S/C30H27Cl2N3O4/c31-23-5-7-28(25(32)14-23)39-18-19-2-1-3-20(12-19)22-8-10-34(15-22)17-29-33-26-6-4-21(30(36)37)13-27(26)35(29)16-24-9-11-38-24/h1-8,12-14,24H,9-11,15-18H2,(H,36,37)/t24-/m0/s1. The van der Waals surface area contributed by atoms with E-state index >= 15 is 0 Å². The lowest BCUT2D eigenvalue weighted by atomic mass is 10.0. The van der Waals surface area contributed by atoms with Crippen molar-refractivity contribution in [3.8, 4) is 5.75 Å². The zero-order valence-corrected chi connectivity index (χ0v) is 22.7. The van der Waals surface area contributed by atoms with Crippen molar-refractivity contribution in [3.05, 3.63) is 99.3 Å². The number of halogens is 2. The van der Waals surface area contributed by atoms with Crippen molar-refractivity contribution in [1.82, 2.24) is 14.5 Å². The van der Waals surface area contributed by atoms with Crippen LogP contribution in [0.25, 0.3) is 16.6 Å². The number of aromatic carboxylic acids is 1. The Balaban J connectivity index is 1.16. The second kappa shape index (κ2) is 11.0. The molecule has 3 aromatic carbocycles. The van der Waals surface area contributed by atoms with Crippen molar-refractivity contribution in [2.45, 2.75) is 32.2 Å². The Kier molecular flexibility index (Phi) is 7.32. The molecule has 2 aliphatic rings. The van der Waals surface area contributed by atoms with Gasteiger partial charge in [-0.25, -0.2) is 9.78 Å². The van der Waals surface area contributed by atoms with Gasteiger partial charge >= 0.3 is 5.97 Å². The summed E-state index contributed by atoms with van der Waals surface area (Å²) in [6, 6.07) is 18.7. The molecule has 0 spiro atoms. The second-order valence-corrected chi connectivity index (χ2v) is 10.7. The third-order valence-electron chi connectivity index (χ3n) is 7.19. The zero-order valence-electron chi connectivity index (χ0n) is 21.1. The van der Waals surface area contributed by atoms with E-state index in [2.05, 4.69) is 27.7 Å². The van der Waals surface area contributed by atoms with Crippen LogP contribution in [0.15, 0.2) is 66.7 Å². The number of hydrogen-bond acceptors (Lipinski definition) is 5. The quantitative estimate of drug-likeness (QED) is 0.257. The predicted octanol–water partition coefficient (Wildman–Crippen LogP) is 6.31. The molecule has 0 unspecified atom stereocenters. The van der Waals surface area contributed by atoms with Crippen LogP contribution in [0.3, 0.4) is 0 Å². The normalized spacial score (nSPS) is 17.3. The van der Waals surface area contributed by atoms with Crippen LogP contribution in [0.5, 0.6) is 5.75 Å². The molecule has 1 aromatic heterocycles. The van der Waals surface area contributed by atoms with E-state index in [1.165, 1.54) is 5.57 Å². The maximum Gasteiger partial charge on any atom is 0.335 e. The number of rotatable bonds is 9. The summed E-state index contributed by atoms with van der Waals surface area (Å²) in [5.74, 6) is 0.575. The Labute approximate surface area is 236 Å². The monoisotopic (exact) mass is 563 g/mol. The van der Waals surface area contributed by atoms with Gasteiger partial charge in [-0.05, 0) is 65.6 Å². The summed E-state index contributed by atoms with van der Waals surface area (Å²) in [4.78, 5) is 18.8. The first-order valence-corrected chi connectivity index (χ1v) is 13.6. The van der Waals surface area contributed by atoms with Gasteiger partial charge in [0.25, 0.3) is 0 Å². The molecule has 1 atom stereocenters. The van der Waals surface area contributed by atoms with Gasteiger partial charge in [0.2, 0.25) is 0 Å². The van der Waals surface area contributed by atoms with Crippen LogP contribution in [-0.4, -0.2) is 51.3 Å². The average molecular weight is 564 g/mol. The van der Waals surface area contributed by atoms with E-state index in [9.17, 15) is 9.90 Å². The Morgan fingerprint density at radius 1 is 1.13 bits per heavy atom. The summed E-state index contributed by atoms with van der Waals surface area (Å²) in [7, 11) is 0. The molecule has 4 aromatic rings. The van der Waals surface area contributed by atoms with Gasteiger partial charge in [0.15, 0.2) is 0 Å². The number of aromatic nitrogens is 2. The fourth-order valence-corrected chi connectivity index (χ4v) is 5.48. The lowest BCUT2D eigenvalue weighted by Gasteiger charge is -2.28. The molecule has 3 heterocycles. The molecule has 200 valence electrons. The van der Waals surface area contributed by atoms with E-state index in [0.717, 1.165) is 54.1 Å². The Hall–Kier alpha value is -3.36. The third kappa shape index (κ3) is 5.68. The number of carboxylic acid groups (broad SMARTS) is 1. The van der Waals surface area contributed by atoms with E-state index in [-0.39, 0.29) is 11.7 Å². The van der Waals surface area contributed by atoms with Gasteiger partial charge in [-0.1, -0.05) is 47.5 Å². The minimum absolute atomic E-state index is 0.134. The molecule has 1 fully saturated rings. The SMILES string of the molecule is O=C(O)c1ccc2nc(CN3CC=C(c4cccc(COc5ccc(Cl)cc5Cl)c4)C3)n(C[C@@H]3CCO3)c2c1. The third-order valence-corrected chi connectivity index (χ3v) is 7.73. The van der Waals surface area contributed by atoms with Crippen molar-refractivity contribution < 1.29 is 19.4 Å². The van der Waals surface area contributed by atoms with Gasteiger partial charge in [-0.3, -0.25) is 4.90 Å². The first kappa shape index (κ1) is 25.9. The summed E-state index contributed by atoms with van der Waals surface area (Å²) in [5.41, 5.74) is 5.35. The lowest BCUT2D eigenvalue weighted by molar-refractivity contribution is -0.0591. The Bertz CT molecular complexity index is 1580. The molecule has 9 heteroatoms. The summed E-state index contributed by atoms with van der Waals surface area (Å²) in [6.07, 6.45) is 3.38. The largest absolute Gasteiger partial charge is 0.487 e. The molecular weight excluding hydrogens is 537 g/mol. The van der Waals surface area contributed by atoms with E-state index in [1.54, 1.807) is 36.4 Å². The van der Waals surface area contributed by atoms with Crippen LogP contribution in [0, 0.1) is 0 Å². The van der Waals surface area contributed by atoms with Crippen LogP contribution < -0.4 is 4.74 Å². The molecule has 2 aliphatic heterocycles. The zero-order chi connectivity index (χ0) is 26.9. The van der Waals surface area contributed by atoms with E-state index < -0.39 is 5.97 Å². The van der Waals surface area contributed by atoms with Crippen molar-refractivity contribution in [2.24, 2.45) is 0 Å². The van der Waals surface area contributed by atoms with Crippen LogP contribution in [-0.2, 0) is 24.4 Å². The highest BCUT2D eigenvalue weighted by atomic mass is 35.5. The topological polar surface area (TPSA) is 76.8 Å². The molecule has 0 aliphatic carbocycles. The maximum absolute atomic E-state index is 11.6. The van der Waals surface area contributed by atoms with Gasteiger partial charge in [0.05, 0.1) is 40.8 Å². The smallest absolute Gasteiger partial charge is 0.335 e. The summed E-state index contributed by atoms with van der Waals surface area (Å²) in [5, 5.41) is 10.6. The minimum Gasteiger partial charge on any atom is -0.487 e. The number of carbonyl (C=O) groups is 1. The number of imidazole rings is 1. The van der Waals surface area contributed by atoms with E-state index in [0.29, 0.717) is 35.5 Å². The van der Waals surface area contributed by atoms with Crippen molar-refractivity contribution >= 4 is 45.8 Å². The molecule has 7 nitrogen and oxygen atoms in total. The first-order chi connectivity index (χ1) is 18.9. The van der Waals surface area contributed by atoms with Gasteiger partial charge in [0, 0.05) is 24.7 Å². The molecule has 0 radical (unpaired) electrons. The van der Waals surface area contributed by atoms with Crippen LogP contribution in [0.2, 0.25) is 10.0 Å². The predicted molar refractivity (Wildman–Crippen MR) is 152 cm³/mol. The van der Waals surface area contributed by atoms with Crippen LogP contribution >= 0.6 is 23.2 Å². The molecular formula is C30H27Cl2N3O4. The van der Waals surface area contributed by atoms with E-state index in [1.807, 2.05) is 12.1 Å². The number of nitrogens with zero attached hydrogens (tertiary/aromatic N) is 3. The van der Waals surface area contributed by atoms with E-state index in [4.69, 9.17) is 37.7 Å². The summed E-state index contributed by atoms with van der Waals surface area (Å²) >= 11 is 12.2.